The summed E-state index contributed by atoms with van der Waals surface area (Å²) in [5.74, 6) is -0.537. The Labute approximate surface area is 113 Å². The van der Waals surface area contributed by atoms with Crippen molar-refractivity contribution in [2.24, 2.45) is 0 Å². The lowest BCUT2D eigenvalue weighted by atomic mass is 10.3. The maximum atomic E-state index is 13.2. The number of nitrogens with one attached hydrogen (secondary N) is 1. The molecule has 0 saturated carbocycles. The molecule has 4 nitrogen and oxygen atoms in total. The van der Waals surface area contributed by atoms with E-state index in [-0.39, 0.29) is 30.7 Å². The minimum absolute atomic E-state index is 0. The van der Waals surface area contributed by atoms with Crippen LogP contribution in [0.2, 0.25) is 0 Å². The predicted octanol–water partition coefficient (Wildman–Crippen LogP) is 1.30. The van der Waals surface area contributed by atoms with E-state index in [1.807, 2.05) is 7.05 Å². The van der Waals surface area contributed by atoms with Crippen LogP contribution in [-0.4, -0.2) is 44.6 Å². The molecule has 0 aliphatic rings. The minimum atomic E-state index is -0.460. The van der Waals surface area contributed by atoms with Gasteiger partial charge in [0.25, 0.3) is 5.91 Å². The first-order chi connectivity index (χ1) is 8.15. The SMILES string of the molecule is CNCCN(C)C(=O)COc1ccccc1F.Cl. The lowest BCUT2D eigenvalue weighted by Gasteiger charge is -2.17. The molecule has 1 amide bonds. The Kier molecular flexibility index (Phi) is 8.07. The summed E-state index contributed by atoms with van der Waals surface area (Å²) in [6.45, 7) is 1.15. The Bertz CT molecular complexity index is 377. The summed E-state index contributed by atoms with van der Waals surface area (Å²) in [4.78, 5) is 13.1. The van der Waals surface area contributed by atoms with Crippen LogP contribution in [0.3, 0.4) is 0 Å². The van der Waals surface area contributed by atoms with Gasteiger partial charge in [-0.3, -0.25) is 4.79 Å². The van der Waals surface area contributed by atoms with Crippen LogP contribution in [0.1, 0.15) is 0 Å². The Hall–Kier alpha value is -1.33. The van der Waals surface area contributed by atoms with Crippen LogP contribution in [-0.2, 0) is 4.79 Å². The van der Waals surface area contributed by atoms with Gasteiger partial charge in [-0.25, -0.2) is 4.39 Å². The van der Waals surface area contributed by atoms with Crippen molar-refractivity contribution in [1.29, 1.82) is 0 Å². The van der Waals surface area contributed by atoms with Crippen molar-refractivity contribution < 1.29 is 13.9 Å². The fourth-order valence-electron chi connectivity index (χ4n) is 1.22. The lowest BCUT2D eigenvalue weighted by molar-refractivity contribution is -0.132. The second kappa shape index (κ2) is 8.72. The molecule has 1 aromatic carbocycles. The third kappa shape index (κ3) is 5.33. The standard InChI is InChI=1S/C12H17FN2O2.ClH/c1-14-7-8-15(2)12(16)9-17-11-6-4-3-5-10(11)13;/h3-6,14H,7-9H2,1-2H3;1H. The molecular formula is C12H18ClFN2O2. The summed E-state index contributed by atoms with van der Waals surface area (Å²) in [5, 5.41) is 2.94. The second-order valence-electron chi connectivity index (χ2n) is 3.64. The molecule has 0 radical (unpaired) electrons. The third-order valence-corrected chi connectivity index (χ3v) is 2.31. The summed E-state index contributed by atoms with van der Waals surface area (Å²) in [7, 11) is 3.50. The van der Waals surface area contributed by atoms with E-state index in [9.17, 15) is 9.18 Å². The average molecular weight is 277 g/mol. The smallest absolute Gasteiger partial charge is 0.260 e. The van der Waals surface area contributed by atoms with Crippen LogP contribution in [0, 0.1) is 5.82 Å². The van der Waals surface area contributed by atoms with Crippen LogP contribution < -0.4 is 10.1 Å². The molecule has 0 fully saturated rings. The maximum absolute atomic E-state index is 13.2. The van der Waals surface area contributed by atoms with Gasteiger partial charge in [0.15, 0.2) is 18.2 Å². The first kappa shape index (κ1) is 16.7. The highest BCUT2D eigenvalue weighted by atomic mass is 35.5. The van der Waals surface area contributed by atoms with Gasteiger partial charge < -0.3 is 15.0 Å². The molecule has 0 bridgehead atoms. The van der Waals surface area contributed by atoms with E-state index in [2.05, 4.69) is 5.32 Å². The van der Waals surface area contributed by atoms with Crippen LogP contribution in [0.4, 0.5) is 4.39 Å². The highest BCUT2D eigenvalue weighted by molar-refractivity contribution is 5.85. The lowest BCUT2D eigenvalue weighted by Crippen LogP contribution is -2.35. The number of carbonyl (C=O) groups is 1. The van der Waals surface area contributed by atoms with E-state index in [1.165, 1.54) is 17.0 Å². The largest absolute Gasteiger partial charge is 0.481 e. The Balaban J connectivity index is 0.00000289. The quantitative estimate of drug-likeness (QED) is 0.852. The average Bonchev–Trinajstić information content (AvgIpc) is 2.34. The van der Waals surface area contributed by atoms with Crippen molar-refractivity contribution >= 4 is 18.3 Å². The molecule has 1 rings (SSSR count). The van der Waals surface area contributed by atoms with Crippen molar-refractivity contribution in [3.8, 4) is 5.75 Å². The van der Waals surface area contributed by atoms with Gasteiger partial charge in [-0.15, -0.1) is 12.4 Å². The summed E-state index contributed by atoms with van der Waals surface area (Å²) in [5.41, 5.74) is 0. The Morgan fingerprint density at radius 1 is 1.44 bits per heavy atom. The summed E-state index contributed by atoms with van der Waals surface area (Å²) >= 11 is 0. The number of carbonyl (C=O) groups excluding carboxylic acids is 1. The molecule has 1 N–H and O–H groups in total. The van der Waals surface area contributed by atoms with Gasteiger partial charge in [-0.2, -0.15) is 0 Å². The first-order valence-electron chi connectivity index (χ1n) is 5.41. The molecule has 1 aromatic rings. The summed E-state index contributed by atoms with van der Waals surface area (Å²) < 4.78 is 18.3. The first-order valence-corrected chi connectivity index (χ1v) is 5.41. The number of amides is 1. The number of para-hydroxylation sites is 1. The van der Waals surface area contributed by atoms with E-state index in [0.29, 0.717) is 13.1 Å². The van der Waals surface area contributed by atoms with Crippen molar-refractivity contribution in [3.05, 3.63) is 30.1 Å². The molecule has 18 heavy (non-hydrogen) atoms. The monoisotopic (exact) mass is 276 g/mol. The molecule has 0 saturated heterocycles. The molecule has 0 heterocycles. The number of ether oxygens (including phenoxy) is 1. The Morgan fingerprint density at radius 2 is 2.11 bits per heavy atom. The highest BCUT2D eigenvalue weighted by Gasteiger charge is 2.10. The molecular weight excluding hydrogens is 259 g/mol. The van der Waals surface area contributed by atoms with Gasteiger partial charge in [-0.05, 0) is 19.2 Å². The molecule has 0 spiro atoms. The molecule has 0 atom stereocenters. The van der Waals surface area contributed by atoms with Gasteiger partial charge in [0.2, 0.25) is 0 Å². The molecule has 0 unspecified atom stereocenters. The van der Waals surface area contributed by atoms with Crippen molar-refractivity contribution in [1.82, 2.24) is 10.2 Å². The van der Waals surface area contributed by atoms with Crippen molar-refractivity contribution in [2.75, 3.05) is 33.8 Å². The number of nitrogens with zero attached hydrogens (tertiary/aromatic N) is 1. The minimum Gasteiger partial charge on any atom is -0.481 e. The predicted molar refractivity (Wildman–Crippen MR) is 70.7 cm³/mol. The van der Waals surface area contributed by atoms with Gasteiger partial charge in [-0.1, -0.05) is 12.1 Å². The number of hydrogen-bond donors (Lipinski definition) is 1. The fraction of sp³-hybridized carbons (Fsp3) is 0.417. The Morgan fingerprint density at radius 3 is 2.72 bits per heavy atom. The molecule has 0 aliphatic carbocycles. The van der Waals surface area contributed by atoms with Crippen molar-refractivity contribution in [2.45, 2.75) is 0 Å². The fourth-order valence-corrected chi connectivity index (χ4v) is 1.22. The molecule has 6 heteroatoms. The zero-order valence-electron chi connectivity index (χ0n) is 10.5. The van der Waals surface area contributed by atoms with E-state index in [4.69, 9.17) is 4.74 Å². The second-order valence-corrected chi connectivity index (χ2v) is 3.64. The number of halogens is 2. The zero-order chi connectivity index (χ0) is 12.7. The van der Waals surface area contributed by atoms with E-state index < -0.39 is 5.82 Å². The number of benzene rings is 1. The van der Waals surface area contributed by atoms with Crippen LogP contribution in [0.5, 0.6) is 5.75 Å². The van der Waals surface area contributed by atoms with Crippen LogP contribution in [0.15, 0.2) is 24.3 Å². The van der Waals surface area contributed by atoms with Gasteiger partial charge in [0, 0.05) is 20.1 Å². The molecule has 0 aliphatic heterocycles. The summed E-state index contributed by atoms with van der Waals surface area (Å²) in [6.07, 6.45) is 0. The number of hydrogen-bond acceptors (Lipinski definition) is 3. The summed E-state index contributed by atoms with van der Waals surface area (Å²) in [6, 6.07) is 6.03. The molecule has 102 valence electrons. The number of rotatable bonds is 6. The number of likely N-dealkylation sites (N-methyl/N-ethyl adjacent to an activating group) is 2. The topological polar surface area (TPSA) is 41.6 Å². The zero-order valence-corrected chi connectivity index (χ0v) is 11.3. The van der Waals surface area contributed by atoms with E-state index >= 15 is 0 Å². The van der Waals surface area contributed by atoms with E-state index in [1.54, 1.807) is 19.2 Å². The van der Waals surface area contributed by atoms with Gasteiger partial charge >= 0.3 is 0 Å². The van der Waals surface area contributed by atoms with Gasteiger partial charge in [0.1, 0.15) is 0 Å². The van der Waals surface area contributed by atoms with E-state index in [0.717, 1.165) is 0 Å². The maximum Gasteiger partial charge on any atom is 0.260 e. The third-order valence-electron chi connectivity index (χ3n) is 2.31. The van der Waals surface area contributed by atoms with Crippen LogP contribution in [0.25, 0.3) is 0 Å². The molecule has 0 aromatic heterocycles. The van der Waals surface area contributed by atoms with Crippen molar-refractivity contribution in [3.63, 3.8) is 0 Å². The van der Waals surface area contributed by atoms with Crippen LogP contribution >= 0.6 is 12.4 Å². The van der Waals surface area contributed by atoms with Gasteiger partial charge in [0.05, 0.1) is 0 Å². The highest BCUT2D eigenvalue weighted by Crippen LogP contribution is 2.15. The normalized spacial score (nSPS) is 9.50.